The summed E-state index contributed by atoms with van der Waals surface area (Å²) in [6.07, 6.45) is 6.32. The van der Waals surface area contributed by atoms with Gasteiger partial charge in [-0.2, -0.15) is 0 Å². The van der Waals surface area contributed by atoms with Crippen LogP contribution in [-0.4, -0.2) is 27.0 Å². The van der Waals surface area contributed by atoms with Crippen molar-refractivity contribution in [1.29, 1.82) is 0 Å². The van der Waals surface area contributed by atoms with Crippen LogP contribution in [0.25, 0.3) is 11.3 Å². The van der Waals surface area contributed by atoms with Gasteiger partial charge in [0.1, 0.15) is 0 Å². The summed E-state index contributed by atoms with van der Waals surface area (Å²) in [6, 6.07) is 11.4. The van der Waals surface area contributed by atoms with Gasteiger partial charge in [-0.25, -0.2) is 4.98 Å². The van der Waals surface area contributed by atoms with E-state index >= 15 is 0 Å². The molecule has 0 aliphatic rings. The number of aryl methyl sites for hydroxylation is 1. The number of aromatic nitrogens is 3. The summed E-state index contributed by atoms with van der Waals surface area (Å²) in [5.41, 5.74) is 3.22. The topological polar surface area (TPSA) is 59.8 Å². The van der Waals surface area contributed by atoms with Gasteiger partial charge in [0.05, 0.1) is 22.7 Å². The van der Waals surface area contributed by atoms with Gasteiger partial charge in [0.25, 0.3) is 5.91 Å². The predicted molar refractivity (Wildman–Crippen MR) is 103 cm³/mol. The second kappa shape index (κ2) is 8.15. The van der Waals surface area contributed by atoms with Crippen molar-refractivity contribution < 1.29 is 4.79 Å². The van der Waals surface area contributed by atoms with Crippen LogP contribution in [0.4, 0.5) is 0 Å². The molecule has 2 heterocycles. The monoisotopic (exact) mass is 368 g/mol. The van der Waals surface area contributed by atoms with Crippen LogP contribution in [0, 0.1) is 6.92 Å². The van der Waals surface area contributed by atoms with Gasteiger partial charge in [-0.15, -0.1) is 0 Å². The standard InChI is InChI=1S/C20H21ClN4O/c1-14(25-12-11-22-13-25)9-10-23-20(26)17-5-3-16(4-6-17)19-8-7-18(21)15(2)24-19/h3-8,11-14H,9-10H2,1-2H3,(H,23,26). The molecule has 1 N–H and O–H groups in total. The zero-order chi connectivity index (χ0) is 18.5. The maximum Gasteiger partial charge on any atom is 0.251 e. The average molecular weight is 369 g/mol. The first-order valence-corrected chi connectivity index (χ1v) is 8.91. The van der Waals surface area contributed by atoms with Crippen LogP contribution in [0.2, 0.25) is 5.02 Å². The number of amides is 1. The highest BCUT2D eigenvalue weighted by molar-refractivity contribution is 6.31. The van der Waals surface area contributed by atoms with Gasteiger partial charge >= 0.3 is 0 Å². The zero-order valence-corrected chi connectivity index (χ0v) is 15.6. The highest BCUT2D eigenvalue weighted by atomic mass is 35.5. The molecule has 26 heavy (non-hydrogen) atoms. The van der Waals surface area contributed by atoms with Crippen molar-refractivity contribution >= 4 is 17.5 Å². The van der Waals surface area contributed by atoms with E-state index in [-0.39, 0.29) is 5.91 Å². The maximum absolute atomic E-state index is 12.3. The van der Waals surface area contributed by atoms with Crippen molar-refractivity contribution in [2.45, 2.75) is 26.3 Å². The molecule has 1 unspecified atom stereocenters. The zero-order valence-electron chi connectivity index (χ0n) is 14.8. The van der Waals surface area contributed by atoms with Gasteiger partial charge in [0.2, 0.25) is 0 Å². The number of carbonyl (C=O) groups is 1. The quantitative estimate of drug-likeness (QED) is 0.706. The molecule has 0 radical (unpaired) electrons. The molecule has 0 saturated carbocycles. The lowest BCUT2D eigenvalue weighted by molar-refractivity contribution is 0.0952. The van der Waals surface area contributed by atoms with Crippen LogP contribution in [0.3, 0.4) is 0 Å². The van der Waals surface area contributed by atoms with Crippen molar-refractivity contribution in [3.8, 4) is 11.3 Å². The van der Waals surface area contributed by atoms with E-state index in [4.69, 9.17) is 11.6 Å². The Balaban J connectivity index is 1.57. The summed E-state index contributed by atoms with van der Waals surface area (Å²) in [5.74, 6) is -0.0744. The van der Waals surface area contributed by atoms with E-state index in [2.05, 4.69) is 22.2 Å². The Kier molecular flexibility index (Phi) is 5.68. The molecule has 1 aromatic carbocycles. The lowest BCUT2D eigenvalue weighted by Gasteiger charge is -2.13. The number of hydrogen-bond donors (Lipinski definition) is 1. The van der Waals surface area contributed by atoms with Gasteiger partial charge < -0.3 is 9.88 Å². The third kappa shape index (κ3) is 4.29. The number of halogens is 1. The molecule has 5 nitrogen and oxygen atoms in total. The van der Waals surface area contributed by atoms with Crippen LogP contribution in [0.5, 0.6) is 0 Å². The smallest absolute Gasteiger partial charge is 0.251 e. The number of benzene rings is 1. The molecule has 6 heteroatoms. The summed E-state index contributed by atoms with van der Waals surface area (Å²) < 4.78 is 2.03. The summed E-state index contributed by atoms with van der Waals surface area (Å²) in [4.78, 5) is 20.8. The second-order valence-corrected chi connectivity index (χ2v) is 6.65. The normalized spacial score (nSPS) is 12.0. The molecule has 0 saturated heterocycles. The highest BCUT2D eigenvalue weighted by Gasteiger charge is 2.09. The molecule has 2 aromatic heterocycles. The fourth-order valence-corrected chi connectivity index (χ4v) is 2.78. The van der Waals surface area contributed by atoms with Crippen molar-refractivity contribution in [2.75, 3.05) is 6.54 Å². The third-order valence-corrected chi connectivity index (χ3v) is 4.75. The van der Waals surface area contributed by atoms with Crippen LogP contribution >= 0.6 is 11.6 Å². The molecule has 3 aromatic rings. The Morgan fingerprint density at radius 1 is 1.23 bits per heavy atom. The Hall–Kier alpha value is -2.66. The molecule has 1 amide bonds. The van der Waals surface area contributed by atoms with E-state index in [1.165, 1.54) is 0 Å². The van der Waals surface area contributed by atoms with Crippen molar-refractivity contribution in [3.05, 3.63) is 71.4 Å². The van der Waals surface area contributed by atoms with Crippen LogP contribution in [-0.2, 0) is 0 Å². The first-order chi connectivity index (χ1) is 12.5. The van der Waals surface area contributed by atoms with Crippen molar-refractivity contribution in [2.24, 2.45) is 0 Å². The minimum atomic E-state index is -0.0744. The summed E-state index contributed by atoms with van der Waals surface area (Å²) in [7, 11) is 0. The molecular formula is C20H21ClN4O. The summed E-state index contributed by atoms with van der Waals surface area (Å²) in [6.45, 7) is 4.58. The highest BCUT2D eigenvalue weighted by Crippen LogP contribution is 2.21. The van der Waals surface area contributed by atoms with Crippen LogP contribution in [0.15, 0.2) is 55.1 Å². The summed E-state index contributed by atoms with van der Waals surface area (Å²) in [5, 5.41) is 3.61. The summed E-state index contributed by atoms with van der Waals surface area (Å²) >= 11 is 6.02. The molecule has 3 rings (SSSR count). The van der Waals surface area contributed by atoms with E-state index < -0.39 is 0 Å². The number of nitrogens with one attached hydrogen (secondary N) is 1. The van der Waals surface area contributed by atoms with Gasteiger partial charge in [0, 0.05) is 36.1 Å². The number of nitrogens with zero attached hydrogens (tertiary/aromatic N) is 3. The second-order valence-electron chi connectivity index (χ2n) is 6.24. The number of carbonyl (C=O) groups excluding carboxylic acids is 1. The van der Waals surface area contributed by atoms with E-state index in [1.54, 1.807) is 12.5 Å². The Bertz CT molecular complexity index is 875. The molecule has 1 atom stereocenters. The van der Waals surface area contributed by atoms with Gasteiger partial charge in [0.15, 0.2) is 0 Å². The Morgan fingerprint density at radius 2 is 2.00 bits per heavy atom. The van der Waals surface area contributed by atoms with Crippen LogP contribution < -0.4 is 5.32 Å². The Morgan fingerprint density at radius 3 is 2.65 bits per heavy atom. The number of pyridine rings is 1. The Labute approximate surface area is 158 Å². The third-order valence-electron chi connectivity index (χ3n) is 4.35. The van der Waals surface area contributed by atoms with Crippen LogP contribution in [0.1, 0.15) is 35.4 Å². The minimum absolute atomic E-state index is 0.0744. The van der Waals surface area contributed by atoms with E-state index in [0.29, 0.717) is 23.2 Å². The first-order valence-electron chi connectivity index (χ1n) is 8.54. The van der Waals surface area contributed by atoms with E-state index in [1.807, 2.05) is 54.1 Å². The molecule has 0 aliphatic carbocycles. The average Bonchev–Trinajstić information content (AvgIpc) is 3.19. The fraction of sp³-hybridized carbons (Fsp3) is 0.250. The fourth-order valence-electron chi connectivity index (χ4n) is 2.67. The SMILES string of the molecule is Cc1nc(-c2ccc(C(=O)NCCC(C)n3ccnc3)cc2)ccc1Cl. The first kappa shape index (κ1) is 18.1. The maximum atomic E-state index is 12.3. The largest absolute Gasteiger partial charge is 0.352 e. The number of hydrogen-bond acceptors (Lipinski definition) is 3. The molecule has 0 spiro atoms. The van der Waals surface area contributed by atoms with Gasteiger partial charge in [-0.05, 0) is 44.5 Å². The lowest BCUT2D eigenvalue weighted by Crippen LogP contribution is -2.26. The molecule has 0 fully saturated rings. The molecule has 0 aliphatic heterocycles. The van der Waals surface area contributed by atoms with E-state index in [9.17, 15) is 4.79 Å². The van der Waals surface area contributed by atoms with Gasteiger partial charge in [-0.1, -0.05) is 23.7 Å². The number of rotatable bonds is 6. The molecule has 0 bridgehead atoms. The minimum Gasteiger partial charge on any atom is -0.352 e. The van der Waals surface area contributed by atoms with Crippen molar-refractivity contribution in [3.63, 3.8) is 0 Å². The van der Waals surface area contributed by atoms with Gasteiger partial charge in [-0.3, -0.25) is 9.78 Å². The predicted octanol–water partition coefficient (Wildman–Crippen LogP) is 4.29. The van der Waals surface area contributed by atoms with E-state index in [0.717, 1.165) is 23.4 Å². The molecule has 134 valence electrons. The lowest BCUT2D eigenvalue weighted by atomic mass is 10.1. The molecular weight excluding hydrogens is 348 g/mol. The number of imidazole rings is 1. The van der Waals surface area contributed by atoms with Crippen molar-refractivity contribution in [1.82, 2.24) is 19.9 Å².